The summed E-state index contributed by atoms with van der Waals surface area (Å²) in [7, 11) is 0. The number of amides is 1. The number of benzene rings is 1. The van der Waals surface area contributed by atoms with Gasteiger partial charge in [-0.05, 0) is 31.9 Å². The Hall–Kier alpha value is -2.30. The predicted molar refractivity (Wildman–Crippen MR) is 88.5 cm³/mol. The van der Waals surface area contributed by atoms with Gasteiger partial charge in [0.1, 0.15) is 5.75 Å². The third-order valence-corrected chi connectivity index (χ3v) is 4.28. The van der Waals surface area contributed by atoms with Crippen LogP contribution in [0.2, 0.25) is 0 Å². The lowest BCUT2D eigenvalue weighted by atomic mass is 9.99. The average Bonchev–Trinajstić information content (AvgIpc) is 3.09. The highest BCUT2D eigenvalue weighted by Crippen LogP contribution is 2.20. The Bertz CT molecular complexity index is 639. The number of para-hydroxylation sites is 1. The molecular weight excluding hydrogens is 290 g/mol. The van der Waals surface area contributed by atoms with Gasteiger partial charge in [-0.15, -0.1) is 0 Å². The van der Waals surface area contributed by atoms with E-state index < -0.39 is 0 Å². The highest BCUT2D eigenvalue weighted by Gasteiger charge is 2.27. The molecule has 1 fully saturated rings. The van der Waals surface area contributed by atoms with E-state index >= 15 is 0 Å². The molecule has 5 heteroatoms. The first kappa shape index (κ1) is 15.6. The van der Waals surface area contributed by atoms with E-state index in [-0.39, 0.29) is 5.91 Å². The molecule has 0 bridgehead atoms. The molecule has 2 aromatic rings. The van der Waals surface area contributed by atoms with E-state index in [1.807, 2.05) is 52.9 Å². The summed E-state index contributed by atoms with van der Waals surface area (Å²) < 4.78 is 7.75. The average molecular weight is 313 g/mol. The summed E-state index contributed by atoms with van der Waals surface area (Å²) in [6.07, 6.45) is 5.66. The zero-order valence-corrected chi connectivity index (χ0v) is 13.5. The minimum Gasteiger partial charge on any atom is -0.493 e. The van der Waals surface area contributed by atoms with Crippen molar-refractivity contribution in [1.82, 2.24) is 14.5 Å². The molecule has 1 aliphatic rings. The monoisotopic (exact) mass is 313 g/mol. The SMILES string of the molecule is CCn1ccnc1C(=O)N1CCCC(COc2ccccc2)C1. The van der Waals surface area contributed by atoms with Gasteiger partial charge in [0.05, 0.1) is 6.61 Å². The van der Waals surface area contributed by atoms with E-state index in [0.717, 1.165) is 38.2 Å². The Morgan fingerprint density at radius 3 is 2.96 bits per heavy atom. The molecule has 1 aliphatic heterocycles. The summed E-state index contributed by atoms with van der Waals surface area (Å²) in [5, 5.41) is 0. The van der Waals surface area contributed by atoms with E-state index in [0.29, 0.717) is 18.3 Å². The van der Waals surface area contributed by atoms with Crippen LogP contribution in [0.15, 0.2) is 42.7 Å². The fourth-order valence-corrected chi connectivity index (χ4v) is 3.02. The normalized spacial score (nSPS) is 18.0. The lowest BCUT2D eigenvalue weighted by molar-refractivity contribution is 0.0616. The van der Waals surface area contributed by atoms with E-state index in [4.69, 9.17) is 4.74 Å². The predicted octanol–water partition coefficient (Wildman–Crippen LogP) is 2.83. The first-order valence-corrected chi connectivity index (χ1v) is 8.26. The highest BCUT2D eigenvalue weighted by atomic mass is 16.5. The van der Waals surface area contributed by atoms with Crippen LogP contribution < -0.4 is 4.74 Å². The second kappa shape index (κ2) is 7.31. The maximum Gasteiger partial charge on any atom is 0.289 e. The molecule has 2 heterocycles. The fraction of sp³-hybridized carbons (Fsp3) is 0.444. The van der Waals surface area contributed by atoms with Crippen LogP contribution in [-0.4, -0.2) is 40.1 Å². The first-order valence-electron chi connectivity index (χ1n) is 8.26. The van der Waals surface area contributed by atoms with Gasteiger partial charge < -0.3 is 14.2 Å². The molecule has 3 rings (SSSR count). The summed E-state index contributed by atoms with van der Waals surface area (Å²) >= 11 is 0. The molecule has 0 aliphatic carbocycles. The van der Waals surface area contributed by atoms with Crippen LogP contribution >= 0.6 is 0 Å². The van der Waals surface area contributed by atoms with Gasteiger partial charge in [-0.3, -0.25) is 4.79 Å². The molecule has 0 spiro atoms. The van der Waals surface area contributed by atoms with Crippen LogP contribution in [0.5, 0.6) is 5.75 Å². The smallest absolute Gasteiger partial charge is 0.289 e. The van der Waals surface area contributed by atoms with Crippen LogP contribution in [0.1, 0.15) is 30.4 Å². The molecule has 1 atom stereocenters. The van der Waals surface area contributed by atoms with Crippen LogP contribution in [0.25, 0.3) is 0 Å². The number of nitrogens with zero attached hydrogens (tertiary/aromatic N) is 3. The van der Waals surface area contributed by atoms with Crippen molar-refractivity contribution in [3.63, 3.8) is 0 Å². The fourth-order valence-electron chi connectivity index (χ4n) is 3.02. The Balaban J connectivity index is 1.58. The van der Waals surface area contributed by atoms with E-state index in [1.54, 1.807) is 6.20 Å². The summed E-state index contributed by atoms with van der Waals surface area (Å²) in [6, 6.07) is 9.84. The number of aromatic nitrogens is 2. The standard InChI is InChI=1S/C18H23N3O2/c1-2-20-12-10-19-17(20)18(22)21-11-6-7-15(13-21)14-23-16-8-4-3-5-9-16/h3-5,8-10,12,15H,2,6-7,11,13-14H2,1H3. The molecule has 23 heavy (non-hydrogen) atoms. The molecule has 1 saturated heterocycles. The molecule has 1 amide bonds. The molecule has 1 aromatic carbocycles. The summed E-state index contributed by atoms with van der Waals surface area (Å²) in [4.78, 5) is 18.8. The van der Waals surface area contributed by atoms with Gasteiger partial charge in [-0.25, -0.2) is 4.98 Å². The quantitative estimate of drug-likeness (QED) is 0.853. The molecule has 1 unspecified atom stereocenters. The Morgan fingerprint density at radius 1 is 1.35 bits per heavy atom. The van der Waals surface area contributed by atoms with E-state index in [2.05, 4.69) is 4.98 Å². The van der Waals surface area contributed by atoms with Gasteiger partial charge in [-0.1, -0.05) is 18.2 Å². The number of imidazole rings is 1. The molecule has 1 aromatic heterocycles. The lowest BCUT2D eigenvalue weighted by Crippen LogP contribution is -2.42. The summed E-state index contributed by atoms with van der Waals surface area (Å²) in [6.45, 7) is 4.97. The maximum atomic E-state index is 12.7. The van der Waals surface area contributed by atoms with Gasteiger partial charge in [-0.2, -0.15) is 0 Å². The number of aryl methyl sites for hydroxylation is 1. The van der Waals surface area contributed by atoms with Gasteiger partial charge in [0.15, 0.2) is 5.82 Å². The van der Waals surface area contributed by atoms with Crippen LogP contribution in [0, 0.1) is 5.92 Å². The number of ether oxygens (including phenoxy) is 1. The van der Waals surface area contributed by atoms with Gasteiger partial charge in [0.25, 0.3) is 5.91 Å². The number of piperidine rings is 1. The third kappa shape index (κ3) is 3.73. The van der Waals surface area contributed by atoms with Crippen molar-refractivity contribution in [1.29, 1.82) is 0 Å². The first-order chi connectivity index (χ1) is 11.3. The Morgan fingerprint density at radius 2 is 2.17 bits per heavy atom. The van der Waals surface area contributed by atoms with Gasteiger partial charge >= 0.3 is 0 Å². The number of rotatable bonds is 5. The lowest BCUT2D eigenvalue weighted by Gasteiger charge is -2.32. The van der Waals surface area contributed by atoms with Crippen molar-refractivity contribution >= 4 is 5.91 Å². The minimum atomic E-state index is 0.0289. The molecular formula is C18H23N3O2. The Labute approximate surface area is 136 Å². The number of likely N-dealkylation sites (tertiary alicyclic amines) is 1. The molecule has 0 radical (unpaired) electrons. The number of hydrogen-bond acceptors (Lipinski definition) is 3. The number of carbonyl (C=O) groups is 1. The van der Waals surface area contributed by atoms with Crippen molar-refractivity contribution in [2.24, 2.45) is 5.92 Å². The van der Waals surface area contributed by atoms with E-state index in [1.165, 1.54) is 0 Å². The topological polar surface area (TPSA) is 47.4 Å². The van der Waals surface area contributed by atoms with Crippen molar-refractivity contribution in [2.75, 3.05) is 19.7 Å². The largest absolute Gasteiger partial charge is 0.493 e. The maximum absolute atomic E-state index is 12.7. The Kier molecular flexibility index (Phi) is 4.95. The summed E-state index contributed by atoms with van der Waals surface area (Å²) in [5.74, 6) is 1.83. The molecule has 122 valence electrons. The summed E-state index contributed by atoms with van der Waals surface area (Å²) in [5.41, 5.74) is 0. The molecule has 5 nitrogen and oxygen atoms in total. The molecule has 0 saturated carbocycles. The van der Waals surface area contributed by atoms with Gasteiger partial charge in [0.2, 0.25) is 0 Å². The van der Waals surface area contributed by atoms with Crippen molar-refractivity contribution in [2.45, 2.75) is 26.3 Å². The van der Waals surface area contributed by atoms with Gasteiger partial charge in [0, 0.05) is 37.9 Å². The number of carbonyl (C=O) groups excluding carboxylic acids is 1. The van der Waals surface area contributed by atoms with Crippen molar-refractivity contribution in [3.05, 3.63) is 48.5 Å². The van der Waals surface area contributed by atoms with E-state index in [9.17, 15) is 4.79 Å². The second-order valence-corrected chi connectivity index (χ2v) is 5.92. The number of hydrogen-bond donors (Lipinski definition) is 0. The van der Waals surface area contributed by atoms with Crippen molar-refractivity contribution in [3.8, 4) is 5.75 Å². The zero-order valence-electron chi connectivity index (χ0n) is 13.5. The second-order valence-electron chi connectivity index (χ2n) is 5.92. The van der Waals surface area contributed by atoms with Crippen LogP contribution in [0.3, 0.4) is 0 Å². The molecule has 0 N–H and O–H groups in total. The van der Waals surface area contributed by atoms with Crippen LogP contribution in [0.4, 0.5) is 0 Å². The van der Waals surface area contributed by atoms with Crippen molar-refractivity contribution < 1.29 is 9.53 Å². The van der Waals surface area contributed by atoms with Crippen LogP contribution in [-0.2, 0) is 6.54 Å². The highest BCUT2D eigenvalue weighted by molar-refractivity contribution is 5.90. The third-order valence-electron chi connectivity index (χ3n) is 4.28. The zero-order chi connectivity index (χ0) is 16.1. The minimum absolute atomic E-state index is 0.0289.